The summed E-state index contributed by atoms with van der Waals surface area (Å²) >= 11 is 2.15. The molecule has 1 aliphatic heterocycles. The summed E-state index contributed by atoms with van der Waals surface area (Å²) in [6.45, 7) is 4.83. The number of ether oxygens (including phenoxy) is 1. The number of carboxylic acids is 1. The van der Waals surface area contributed by atoms with Crippen molar-refractivity contribution in [1.82, 2.24) is 15.5 Å². The van der Waals surface area contributed by atoms with Crippen LogP contribution < -0.4 is 15.4 Å². The molecular formula is C28H34IN3O6. The van der Waals surface area contributed by atoms with Crippen LogP contribution in [0.3, 0.4) is 0 Å². The van der Waals surface area contributed by atoms with Gasteiger partial charge in [0, 0.05) is 22.2 Å². The summed E-state index contributed by atoms with van der Waals surface area (Å²) in [7, 11) is 1.52. The number of ketones is 1. The van der Waals surface area contributed by atoms with Crippen molar-refractivity contribution < 1.29 is 29.0 Å². The van der Waals surface area contributed by atoms with Gasteiger partial charge in [0.1, 0.15) is 11.8 Å². The van der Waals surface area contributed by atoms with Gasteiger partial charge in [0.25, 0.3) is 0 Å². The van der Waals surface area contributed by atoms with Crippen molar-refractivity contribution in [2.45, 2.75) is 51.7 Å². The quantitative estimate of drug-likeness (QED) is 0.307. The SMILES string of the molecule is COc1ccc(I)cc1CC(=O)N[C@H](C(=O)N[C@@H](CC(=O)O)C(=O)CN1CCc2ccccc2C1)C(C)C. The maximum absolute atomic E-state index is 13.2. The van der Waals surface area contributed by atoms with Crippen LogP contribution in [0.25, 0.3) is 0 Å². The molecule has 0 radical (unpaired) electrons. The van der Waals surface area contributed by atoms with Crippen molar-refractivity contribution in [2.75, 3.05) is 20.2 Å². The molecule has 2 aromatic carbocycles. The molecule has 0 aromatic heterocycles. The predicted molar refractivity (Wildman–Crippen MR) is 151 cm³/mol. The Hall–Kier alpha value is -2.99. The van der Waals surface area contributed by atoms with Crippen LogP contribution in [0.5, 0.6) is 5.75 Å². The fourth-order valence-corrected chi connectivity index (χ4v) is 5.07. The summed E-state index contributed by atoms with van der Waals surface area (Å²) in [5.41, 5.74) is 3.06. The lowest BCUT2D eigenvalue weighted by Crippen LogP contribution is -2.55. The van der Waals surface area contributed by atoms with Crippen molar-refractivity contribution in [3.05, 3.63) is 62.7 Å². The zero-order valence-corrected chi connectivity index (χ0v) is 24.0. The van der Waals surface area contributed by atoms with Crippen LogP contribution in [0.4, 0.5) is 0 Å². The number of nitrogens with zero attached hydrogens (tertiary/aromatic N) is 1. The molecule has 204 valence electrons. The van der Waals surface area contributed by atoms with Crippen LogP contribution in [0, 0.1) is 9.49 Å². The number of carboxylic acid groups (broad SMARTS) is 1. The molecule has 0 aliphatic carbocycles. The molecule has 9 nitrogen and oxygen atoms in total. The molecule has 2 aromatic rings. The van der Waals surface area contributed by atoms with E-state index >= 15 is 0 Å². The highest BCUT2D eigenvalue weighted by Crippen LogP contribution is 2.22. The van der Waals surface area contributed by atoms with Gasteiger partial charge < -0.3 is 20.5 Å². The second kappa shape index (κ2) is 13.7. The van der Waals surface area contributed by atoms with E-state index in [0.29, 0.717) is 24.4 Å². The number of rotatable bonds is 12. The smallest absolute Gasteiger partial charge is 0.305 e. The lowest BCUT2D eigenvalue weighted by Gasteiger charge is -2.30. The van der Waals surface area contributed by atoms with E-state index < -0.39 is 30.4 Å². The first kappa shape index (κ1) is 29.6. The van der Waals surface area contributed by atoms with Gasteiger partial charge in [-0.05, 0) is 64.3 Å². The van der Waals surface area contributed by atoms with Crippen molar-refractivity contribution >= 4 is 46.2 Å². The third-order valence-corrected chi connectivity index (χ3v) is 7.20. The maximum Gasteiger partial charge on any atom is 0.305 e. The van der Waals surface area contributed by atoms with Gasteiger partial charge in [0.2, 0.25) is 11.8 Å². The highest BCUT2D eigenvalue weighted by molar-refractivity contribution is 14.1. The number of aliphatic carboxylic acids is 1. The molecule has 0 saturated heterocycles. The van der Waals surface area contributed by atoms with Gasteiger partial charge in [-0.3, -0.25) is 24.1 Å². The van der Waals surface area contributed by atoms with E-state index in [2.05, 4.69) is 39.3 Å². The minimum atomic E-state index is -1.20. The van der Waals surface area contributed by atoms with Crippen molar-refractivity contribution in [2.24, 2.45) is 5.92 Å². The summed E-state index contributed by atoms with van der Waals surface area (Å²) in [5, 5.41) is 14.8. The first-order valence-electron chi connectivity index (χ1n) is 12.5. The molecule has 3 rings (SSSR count). The molecule has 0 fully saturated rings. The molecule has 2 amide bonds. The number of nitrogens with one attached hydrogen (secondary N) is 2. The van der Waals surface area contributed by atoms with E-state index in [1.807, 2.05) is 35.2 Å². The molecule has 1 heterocycles. The van der Waals surface area contributed by atoms with E-state index in [-0.39, 0.29) is 30.6 Å². The highest BCUT2D eigenvalue weighted by Gasteiger charge is 2.31. The predicted octanol–water partition coefficient (Wildman–Crippen LogP) is 2.57. The van der Waals surface area contributed by atoms with Crippen molar-refractivity contribution in [3.63, 3.8) is 0 Å². The lowest BCUT2D eigenvalue weighted by atomic mass is 9.98. The van der Waals surface area contributed by atoms with Crippen LogP contribution in [0.1, 0.15) is 37.0 Å². The van der Waals surface area contributed by atoms with Crippen LogP contribution in [0.15, 0.2) is 42.5 Å². The number of methoxy groups -OCH3 is 1. The summed E-state index contributed by atoms with van der Waals surface area (Å²) < 4.78 is 6.28. The number of amides is 2. The normalized spacial score (nSPS) is 14.8. The van der Waals surface area contributed by atoms with Crippen LogP contribution in [0.2, 0.25) is 0 Å². The third kappa shape index (κ3) is 8.26. The Labute approximate surface area is 236 Å². The molecule has 1 aliphatic rings. The molecule has 0 bridgehead atoms. The summed E-state index contributed by atoms with van der Waals surface area (Å²) in [6.07, 6.45) is 0.268. The second-order valence-corrected chi connectivity index (χ2v) is 11.0. The number of carbonyl (C=O) groups is 4. The van der Waals surface area contributed by atoms with Crippen LogP contribution >= 0.6 is 22.6 Å². The minimum absolute atomic E-state index is 0.00440. The lowest BCUT2D eigenvalue weighted by molar-refractivity contribution is -0.141. The average molecular weight is 635 g/mol. The van der Waals surface area contributed by atoms with Gasteiger partial charge in [-0.2, -0.15) is 0 Å². The molecule has 38 heavy (non-hydrogen) atoms. The topological polar surface area (TPSA) is 125 Å². The fraction of sp³-hybridized carbons (Fsp3) is 0.429. The van der Waals surface area contributed by atoms with Crippen molar-refractivity contribution in [1.29, 1.82) is 0 Å². The molecule has 0 unspecified atom stereocenters. The van der Waals surface area contributed by atoms with E-state index in [1.54, 1.807) is 19.9 Å². The summed E-state index contributed by atoms with van der Waals surface area (Å²) in [6, 6.07) is 11.4. The van der Waals surface area contributed by atoms with Gasteiger partial charge in [0.15, 0.2) is 5.78 Å². The zero-order valence-electron chi connectivity index (χ0n) is 21.8. The van der Waals surface area contributed by atoms with Gasteiger partial charge in [0.05, 0.1) is 32.5 Å². The number of carbonyl (C=O) groups excluding carboxylic acids is 3. The van der Waals surface area contributed by atoms with E-state index in [0.717, 1.165) is 15.6 Å². The van der Waals surface area contributed by atoms with E-state index in [1.165, 1.54) is 12.7 Å². The third-order valence-electron chi connectivity index (χ3n) is 6.53. The standard InChI is InChI=1S/C28H34IN3O6/c1-17(2)27(31-25(34)13-20-12-21(29)8-9-24(20)38-3)28(37)30-22(14-26(35)36)23(33)16-32-11-10-18-6-4-5-7-19(18)15-32/h4-9,12,17,22,27H,10-11,13-16H2,1-3H3,(H,30,37)(H,31,34)(H,35,36)/t22-,27-/m0/s1. The number of fused-ring (bicyclic) bond motifs is 1. The first-order chi connectivity index (χ1) is 18.1. The zero-order chi connectivity index (χ0) is 27.8. The van der Waals surface area contributed by atoms with Crippen molar-refractivity contribution in [3.8, 4) is 5.75 Å². The Kier molecular flexibility index (Phi) is 10.7. The highest BCUT2D eigenvalue weighted by atomic mass is 127. The van der Waals surface area contributed by atoms with Crippen LogP contribution in [-0.4, -0.2) is 65.9 Å². The number of Topliss-reactive ketones (excluding diaryl/α,β-unsaturated/α-hetero) is 1. The average Bonchev–Trinajstić information content (AvgIpc) is 2.86. The maximum atomic E-state index is 13.2. The van der Waals surface area contributed by atoms with Crippen LogP contribution in [-0.2, 0) is 38.6 Å². The Bertz CT molecular complexity index is 1180. The number of halogens is 1. The number of benzene rings is 2. The molecular weight excluding hydrogens is 601 g/mol. The monoisotopic (exact) mass is 635 g/mol. The summed E-state index contributed by atoms with van der Waals surface area (Å²) in [4.78, 5) is 52.7. The molecule has 10 heteroatoms. The Morgan fingerprint density at radius 1 is 1.08 bits per heavy atom. The largest absolute Gasteiger partial charge is 0.496 e. The van der Waals surface area contributed by atoms with Gasteiger partial charge >= 0.3 is 5.97 Å². The van der Waals surface area contributed by atoms with Gasteiger partial charge in [-0.15, -0.1) is 0 Å². The number of hydrogen-bond donors (Lipinski definition) is 3. The van der Waals surface area contributed by atoms with E-state index in [9.17, 15) is 24.3 Å². The number of hydrogen-bond acceptors (Lipinski definition) is 6. The first-order valence-corrected chi connectivity index (χ1v) is 13.6. The molecule has 0 saturated carbocycles. The minimum Gasteiger partial charge on any atom is -0.496 e. The van der Waals surface area contributed by atoms with Gasteiger partial charge in [-0.25, -0.2) is 0 Å². The van der Waals surface area contributed by atoms with E-state index in [4.69, 9.17) is 4.74 Å². The fourth-order valence-electron chi connectivity index (χ4n) is 4.52. The Morgan fingerprint density at radius 2 is 1.79 bits per heavy atom. The summed E-state index contributed by atoms with van der Waals surface area (Å²) in [5.74, 6) is -2.27. The molecule has 0 spiro atoms. The Morgan fingerprint density at radius 3 is 2.45 bits per heavy atom. The Balaban J connectivity index is 1.66. The molecule has 3 N–H and O–H groups in total. The van der Waals surface area contributed by atoms with Gasteiger partial charge in [-0.1, -0.05) is 38.1 Å². The molecule has 2 atom stereocenters. The second-order valence-electron chi connectivity index (χ2n) is 9.78.